The molecule has 1 aliphatic carbocycles. The van der Waals surface area contributed by atoms with E-state index < -0.39 is 0 Å². The molecule has 0 aromatic heterocycles. The van der Waals surface area contributed by atoms with Crippen LogP contribution >= 0.6 is 0 Å². The lowest BCUT2D eigenvalue weighted by molar-refractivity contribution is -0.384. The van der Waals surface area contributed by atoms with Crippen LogP contribution < -0.4 is 10.1 Å². The Morgan fingerprint density at radius 3 is 2.77 bits per heavy atom. The van der Waals surface area contributed by atoms with Gasteiger partial charge in [-0.05, 0) is 48.6 Å². The molecule has 1 heterocycles. The van der Waals surface area contributed by atoms with Crippen molar-refractivity contribution in [3.05, 3.63) is 75.6 Å². The van der Waals surface area contributed by atoms with Gasteiger partial charge >= 0.3 is 0 Å². The largest absolute Gasteiger partial charge is 0.494 e. The molecule has 0 amide bonds. The zero-order valence-corrected chi connectivity index (χ0v) is 14.3. The van der Waals surface area contributed by atoms with Crippen LogP contribution in [0, 0.1) is 21.8 Å². The highest BCUT2D eigenvalue weighted by atomic mass is 19.1. The number of benzene rings is 2. The SMILES string of the molecule is CCOc1cc2c(c([N+](=O)[O-])c1)N[C@H](c1ccc(F)cc1)[C@@H]1CC=C[C@H]21. The summed E-state index contributed by atoms with van der Waals surface area (Å²) in [4.78, 5) is 11.3. The van der Waals surface area contributed by atoms with E-state index in [1.165, 1.54) is 18.2 Å². The first-order valence-corrected chi connectivity index (χ1v) is 8.72. The van der Waals surface area contributed by atoms with Crippen LogP contribution in [0.5, 0.6) is 5.75 Å². The molecule has 2 aliphatic rings. The lowest BCUT2D eigenvalue weighted by Gasteiger charge is -2.37. The number of hydrogen-bond acceptors (Lipinski definition) is 4. The Morgan fingerprint density at radius 2 is 2.08 bits per heavy atom. The summed E-state index contributed by atoms with van der Waals surface area (Å²) in [5, 5.41) is 15.0. The number of nitrogens with one attached hydrogen (secondary N) is 1. The van der Waals surface area contributed by atoms with Crippen LogP contribution in [0.4, 0.5) is 15.8 Å². The summed E-state index contributed by atoms with van der Waals surface area (Å²) in [6, 6.07) is 9.59. The van der Waals surface area contributed by atoms with Crippen molar-refractivity contribution in [1.82, 2.24) is 0 Å². The fourth-order valence-electron chi connectivity index (χ4n) is 4.05. The number of allylic oxidation sites excluding steroid dienone is 2. The molecule has 0 bridgehead atoms. The van der Waals surface area contributed by atoms with Crippen LogP contribution in [0.3, 0.4) is 0 Å². The quantitative estimate of drug-likeness (QED) is 0.479. The van der Waals surface area contributed by atoms with Crippen LogP contribution in [0.15, 0.2) is 48.6 Å². The van der Waals surface area contributed by atoms with E-state index in [2.05, 4.69) is 17.5 Å². The molecule has 0 radical (unpaired) electrons. The molecule has 4 rings (SSSR count). The zero-order chi connectivity index (χ0) is 18.3. The Hall–Kier alpha value is -2.89. The number of nitro groups is 1. The molecule has 0 unspecified atom stereocenters. The average molecular weight is 354 g/mol. The fraction of sp³-hybridized carbons (Fsp3) is 0.300. The lowest BCUT2D eigenvalue weighted by atomic mass is 9.76. The maximum absolute atomic E-state index is 13.3. The molecule has 5 nitrogen and oxygen atoms in total. The number of fused-ring (bicyclic) bond motifs is 3. The normalized spacial score (nSPS) is 23.1. The summed E-state index contributed by atoms with van der Waals surface area (Å²) in [6.45, 7) is 2.30. The molecule has 6 heteroatoms. The lowest BCUT2D eigenvalue weighted by Crippen LogP contribution is -2.29. The Bertz CT molecular complexity index is 879. The van der Waals surface area contributed by atoms with E-state index in [1.54, 1.807) is 12.1 Å². The van der Waals surface area contributed by atoms with Gasteiger partial charge in [0.1, 0.15) is 17.3 Å². The maximum atomic E-state index is 13.3. The van der Waals surface area contributed by atoms with Crippen molar-refractivity contribution in [1.29, 1.82) is 0 Å². The van der Waals surface area contributed by atoms with Crippen LogP contribution in [0.2, 0.25) is 0 Å². The Balaban J connectivity index is 1.83. The monoisotopic (exact) mass is 354 g/mol. The number of anilines is 1. The van der Waals surface area contributed by atoms with E-state index in [0.717, 1.165) is 17.5 Å². The number of hydrogen-bond donors (Lipinski definition) is 1. The minimum absolute atomic E-state index is 0.0109. The van der Waals surface area contributed by atoms with E-state index in [9.17, 15) is 14.5 Å². The molecule has 2 aromatic carbocycles. The first kappa shape index (κ1) is 16.6. The Labute approximate surface area is 150 Å². The second-order valence-corrected chi connectivity index (χ2v) is 6.62. The molecule has 1 aliphatic heterocycles. The summed E-state index contributed by atoms with van der Waals surface area (Å²) in [6.07, 6.45) is 5.09. The molecular weight excluding hydrogens is 335 g/mol. The van der Waals surface area contributed by atoms with Gasteiger partial charge in [0, 0.05) is 5.92 Å². The van der Waals surface area contributed by atoms with Gasteiger partial charge in [-0.1, -0.05) is 24.3 Å². The second kappa shape index (κ2) is 6.44. The number of nitrogens with zero attached hydrogens (tertiary/aromatic N) is 1. The van der Waals surface area contributed by atoms with Crippen LogP contribution in [0.1, 0.15) is 36.4 Å². The van der Waals surface area contributed by atoms with Crippen molar-refractivity contribution >= 4 is 11.4 Å². The minimum Gasteiger partial charge on any atom is -0.494 e. The van der Waals surface area contributed by atoms with Crippen molar-refractivity contribution in [3.8, 4) is 5.75 Å². The van der Waals surface area contributed by atoms with E-state index in [1.807, 2.05) is 13.0 Å². The predicted octanol–water partition coefficient (Wildman–Crippen LogP) is 4.96. The zero-order valence-electron chi connectivity index (χ0n) is 14.3. The topological polar surface area (TPSA) is 64.4 Å². The van der Waals surface area contributed by atoms with E-state index in [-0.39, 0.29) is 34.3 Å². The first-order valence-electron chi connectivity index (χ1n) is 8.72. The third kappa shape index (κ3) is 2.71. The number of nitro benzene ring substituents is 1. The smallest absolute Gasteiger partial charge is 0.296 e. The van der Waals surface area contributed by atoms with Gasteiger partial charge in [0.05, 0.1) is 23.6 Å². The molecule has 0 spiro atoms. The van der Waals surface area contributed by atoms with Gasteiger partial charge in [-0.25, -0.2) is 4.39 Å². The Kier molecular flexibility index (Phi) is 4.11. The third-order valence-electron chi connectivity index (χ3n) is 5.16. The number of halogens is 1. The van der Waals surface area contributed by atoms with E-state index in [4.69, 9.17) is 4.74 Å². The Morgan fingerprint density at radius 1 is 1.31 bits per heavy atom. The summed E-state index contributed by atoms with van der Waals surface area (Å²) >= 11 is 0. The van der Waals surface area contributed by atoms with Gasteiger partial charge in [-0.3, -0.25) is 10.1 Å². The molecule has 0 saturated carbocycles. The van der Waals surface area contributed by atoms with Gasteiger partial charge < -0.3 is 10.1 Å². The van der Waals surface area contributed by atoms with Gasteiger partial charge in [0.15, 0.2) is 0 Å². The van der Waals surface area contributed by atoms with Gasteiger partial charge in [0.25, 0.3) is 5.69 Å². The van der Waals surface area contributed by atoms with Gasteiger partial charge in [0.2, 0.25) is 0 Å². The summed E-state index contributed by atoms with van der Waals surface area (Å²) in [7, 11) is 0. The highest BCUT2D eigenvalue weighted by Gasteiger charge is 2.41. The summed E-state index contributed by atoms with van der Waals surface area (Å²) in [5.41, 5.74) is 2.36. The molecule has 3 atom stereocenters. The van der Waals surface area contributed by atoms with Crippen LogP contribution in [-0.4, -0.2) is 11.5 Å². The van der Waals surface area contributed by atoms with Crippen molar-refractivity contribution in [2.24, 2.45) is 5.92 Å². The van der Waals surface area contributed by atoms with E-state index >= 15 is 0 Å². The molecular formula is C20H19FN2O3. The van der Waals surface area contributed by atoms with Crippen molar-refractivity contribution in [3.63, 3.8) is 0 Å². The molecule has 0 fully saturated rings. The van der Waals surface area contributed by atoms with Crippen molar-refractivity contribution < 1.29 is 14.1 Å². The highest BCUT2D eigenvalue weighted by molar-refractivity contribution is 5.73. The maximum Gasteiger partial charge on any atom is 0.296 e. The highest BCUT2D eigenvalue weighted by Crippen LogP contribution is 2.53. The molecule has 2 aromatic rings. The van der Waals surface area contributed by atoms with Crippen molar-refractivity contribution in [2.75, 3.05) is 11.9 Å². The van der Waals surface area contributed by atoms with Crippen molar-refractivity contribution in [2.45, 2.75) is 25.3 Å². The molecule has 26 heavy (non-hydrogen) atoms. The van der Waals surface area contributed by atoms with Crippen LogP contribution in [-0.2, 0) is 0 Å². The minimum atomic E-state index is -0.380. The number of ether oxygens (including phenoxy) is 1. The average Bonchev–Trinajstić information content (AvgIpc) is 3.11. The standard InChI is InChI=1S/C20H19FN2O3/c1-2-26-14-10-17-15-4-3-5-16(15)19(12-6-8-13(21)9-7-12)22-20(17)18(11-14)23(24)25/h3-4,6-11,15-16,19,22H,2,5H2,1H3/t15-,16+,19+/m0/s1. The van der Waals surface area contributed by atoms with E-state index in [0.29, 0.717) is 18.0 Å². The number of rotatable bonds is 4. The van der Waals surface area contributed by atoms with Gasteiger partial charge in [-0.2, -0.15) is 0 Å². The first-order chi connectivity index (χ1) is 12.6. The van der Waals surface area contributed by atoms with Gasteiger partial charge in [-0.15, -0.1) is 0 Å². The summed E-state index contributed by atoms with van der Waals surface area (Å²) in [5.74, 6) is 0.516. The summed E-state index contributed by atoms with van der Waals surface area (Å²) < 4.78 is 18.8. The molecule has 0 saturated heterocycles. The van der Waals surface area contributed by atoms with Crippen LogP contribution in [0.25, 0.3) is 0 Å². The third-order valence-corrected chi connectivity index (χ3v) is 5.16. The fourth-order valence-corrected chi connectivity index (χ4v) is 4.05. The second-order valence-electron chi connectivity index (χ2n) is 6.62. The molecule has 1 N–H and O–H groups in total. The predicted molar refractivity (Wildman–Crippen MR) is 97.0 cm³/mol. The molecule has 134 valence electrons.